The third kappa shape index (κ3) is 6.02. The second-order valence-electron chi connectivity index (χ2n) is 8.72. The van der Waals surface area contributed by atoms with E-state index >= 15 is 0 Å². The molecule has 38 heavy (non-hydrogen) atoms. The van der Waals surface area contributed by atoms with Crippen molar-refractivity contribution in [2.75, 3.05) is 36.6 Å². The van der Waals surface area contributed by atoms with E-state index in [2.05, 4.69) is 5.32 Å². The Morgan fingerprint density at radius 2 is 1.58 bits per heavy atom. The van der Waals surface area contributed by atoms with Crippen LogP contribution in [-0.2, 0) is 11.2 Å². The highest BCUT2D eigenvalue weighted by molar-refractivity contribution is 6.06. The molecule has 0 radical (unpaired) electrons. The second kappa shape index (κ2) is 12.4. The number of ether oxygens (including phenoxy) is 4. The Balaban J connectivity index is 1.56. The maximum absolute atomic E-state index is 13.2. The number of nitrogens with one attached hydrogen (secondary N) is 1. The summed E-state index contributed by atoms with van der Waals surface area (Å²) in [7, 11) is 0. The Hall–Kier alpha value is -4.20. The van der Waals surface area contributed by atoms with Gasteiger partial charge < -0.3 is 29.2 Å². The van der Waals surface area contributed by atoms with Crippen LogP contribution in [0.1, 0.15) is 43.6 Å². The standard InChI is InChI=1S/C30H34N2O6/c1-5-35-26-17-22(18-27(36-6-2)28(26)37-7-3)29(33)31-23-13-14-24-25(19-23)38-20(4)30(34)32(24)16-15-21-11-9-8-10-12-21/h8-14,17-20H,5-7,15-16H2,1-4H3,(H,31,33). The van der Waals surface area contributed by atoms with Crippen molar-refractivity contribution in [1.82, 2.24) is 0 Å². The van der Waals surface area contributed by atoms with E-state index in [-0.39, 0.29) is 11.8 Å². The molecule has 8 nitrogen and oxygen atoms in total. The Morgan fingerprint density at radius 3 is 2.21 bits per heavy atom. The van der Waals surface area contributed by atoms with Crippen LogP contribution in [0.15, 0.2) is 60.7 Å². The summed E-state index contributed by atoms with van der Waals surface area (Å²) in [4.78, 5) is 27.9. The molecule has 1 N–H and O–H groups in total. The largest absolute Gasteiger partial charge is 0.490 e. The fourth-order valence-corrected chi connectivity index (χ4v) is 4.33. The van der Waals surface area contributed by atoms with Crippen molar-refractivity contribution in [2.24, 2.45) is 0 Å². The van der Waals surface area contributed by atoms with E-state index in [0.717, 1.165) is 12.0 Å². The summed E-state index contributed by atoms with van der Waals surface area (Å²) in [6, 6.07) is 18.6. The Kier molecular flexibility index (Phi) is 8.73. The number of rotatable bonds is 11. The van der Waals surface area contributed by atoms with E-state index in [1.807, 2.05) is 51.1 Å². The fourth-order valence-electron chi connectivity index (χ4n) is 4.33. The number of fused-ring (bicyclic) bond motifs is 1. The quantitative estimate of drug-likeness (QED) is 0.361. The van der Waals surface area contributed by atoms with Crippen LogP contribution in [0.2, 0.25) is 0 Å². The van der Waals surface area contributed by atoms with Crippen LogP contribution in [-0.4, -0.2) is 44.3 Å². The van der Waals surface area contributed by atoms with E-state index in [9.17, 15) is 9.59 Å². The molecule has 0 aliphatic carbocycles. The van der Waals surface area contributed by atoms with Crippen molar-refractivity contribution in [1.29, 1.82) is 0 Å². The van der Waals surface area contributed by atoms with Gasteiger partial charge in [-0.3, -0.25) is 9.59 Å². The van der Waals surface area contributed by atoms with Gasteiger partial charge in [0.05, 0.1) is 25.5 Å². The molecule has 3 aromatic rings. The summed E-state index contributed by atoms with van der Waals surface area (Å²) >= 11 is 0. The molecule has 0 bridgehead atoms. The molecule has 0 saturated carbocycles. The van der Waals surface area contributed by atoms with Gasteiger partial charge in [0, 0.05) is 23.9 Å². The molecule has 3 aromatic carbocycles. The summed E-state index contributed by atoms with van der Waals surface area (Å²) in [5.41, 5.74) is 2.74. The van der Waals surface area contributed by atoms with E-state index in [4.69, 9.17) is 18.9 Å². The minimum Gasteiger partial charge on any atom is -0.490 e. The van der Waals surface area contributed by atoms with Gasteiger partial charge in [-0.2, -0.15) is 0 Å². The van der Waals surface area contributed by atoms with Gasteiger partial charge in [0.25, 0.3) is 11.8 Å². The van der Waals surface area contributed by atoms with E-state index in [0.29, 0.717) is 66.3 Å². The number of carbonyl (C=O) groups is 2. The van der Waals surface area contributed by atoms with Crippen molar-refractivity contribution in [3.63, 3.8) is 0 Å². The summed E-state index contributed by atoms with van der Waals surface area (Å²) < 4.78 is 23.1. The van der Waals surface area contributed by atoms with Crippen LogP contribution in [0, 0.1) is 0 Å². The lowest BCUT2D eigenvalue weighted by atomic mass is 10.1. The molecule has 1 atom stereocenters. The number of amides is 2. The molecule has 200 valence electrons. The molecule has 1 aliphatic heterocycles. The summed E-state index contributed by atoms with van der Waals surface area (Å²) in [6.07, 6.45) is 0.0945. The molecule has 1 unspecified atom stereocenters. The third-order valence-electron chi connectivity index (χ3n) is 6.06. The van der Waals surface area contributed by atoms with Gasteiger partial charge in [0.2, 0.25) is 5.75 Å². The zero-order chi connectivity index (χ0) is 27.1. The van der Waals surface area contributed by atoms with Gasteiger partial charge in [-0.15, -0.1) is 0 Å². The van der Waals surface area contributed by atoms with Gasteiger partial charge in [0.1, 0.15) is 5.75 Å². The van der Waals surface area contributed by atoms with Crippen LogP contribution in [0.25, 0.3) is 0 Å². The smallest absolute Gasteiger partial charge is 0.267 e. The number of benzene rings is 3. The fraction of sp³-hybridized carbons (Fsp3) is 0.333. The van der Waals surface area contributed by atoms with Gasteiger partial charge >= 0.3 is 0 Å². The molecular weight excluding hydrogens is 484 g/mol. The van der Waals surface area contributed by atoms with Gasteiger partial charge in [-0.05, 0) is 63.9 Å². The van der Waals surface area contributed by atoms with Crippen molar-refractivity contribution >= 4 is 23.2 Å². The predicted molar refractivity (Wildman–Crippen MR) is 147 cm³/mol. The van der Waals surface area contributed by atoms with Crippen LogP contribution in [0.5, 0.6) is 23.0 Å². The monoisotopic (exact) mass is 518 g/mol. The molecule has 8 heteroatoms. The Bertz CT molecular complexity index is 1250. The predicted octanol–water partition coefficient (Wildman–Crippen LogP) is 5.49. The zero-order valence-corrected chi connectivity index (χ0v) is 22.3. The highest BCUT2D eigenvalue weighted by Crippen LogP contribution is 2.40. The lowest BCUT2D eigenvalue weighted by Gasteiger charge is -2.33. The number of anilines is 2. The average molecular weight is 519 g/mol. The number of carbonyl (C=O) groups excluding carboxylic acids is 2. The molecule has 2 amide bonds. The molecule has 1 aliphatic rings. The lowest BCUT2D eigenvalue weighted by molar-refractivity contribution is -0.125. The minimum absolute atomic E-state index is 0.0912. The van der Waals surface area contributed by atoms with Crippen molar-refractivity contribution in [3.8, 4) is 23.0 Å². The maximum atomic E-state index is 13.2. The van der Waals surface area contributed by atoms with Crippen LogP contribution < -0.4 is 29.2 Å². The number of hydrogen-bond acceptors (Lipinski definition) is 6. The van der Waals surface area contributed by atoms with Crippen molar-refractivity contribution < 1.29 is 28.5 Å². The zero-order valence-electron chi connectivity index (χ0n) is 22.3. The molecule has 0 spiro atoms. The first kappa shape index (κ1) is 26.9. The summed E-state index contributed by atoms with van der Waals surface area (Å²) in [6.45, 7) is 9.13. The summed E-state index contributed by atoms with van der Waals surface area (Å²) in [5.74, 6) is 1.48. The van der Waals surface area contributed by atoms with E-state index in [1.54, 1.807) is 42.2 Å². The third-order valence-corrected chi connectivity index (χ3v) is 6.06. The Morgan fingerprint density at radius 1 is 0.921 bits per heavy atom. The average Bonchev–Trinajstić information content (AvgIpc) is 2.91. The number of hydrogen-bond donors (Lipinski definition) is 1. The highest BCUT2D eigenvalue weighted by atomic mass is 16.5. The minimum atomic E-state index is -0.627. The van der Waals surface area contributed by atoms with Crippen LogP contribution >= 0.6 is 0 Å². The lowest BCUT2D eigenvalue weighted by Crippen LogP contribution is -2.45. The molecule has 0 aromatic heterocycles. The topological polar surface area (TPSA) is 86.3 Å². The molecule has 1 heterocycles. The molecule has 0 fully saturated rings. The van der Waals surface area contributed by atoms with E-state index < -0.39 is 6.10 Å². The first-order valence-corrected chi connectivity index (χ1v) is 13.0. The van der Waals surface area contributed by atoms with Crippen molar-refractivity contribution in [3.05, 3.63) is 71.8 Å². The van der Waals surface area contributed by atoms with Crippen molar-refractivity contribution in [2.45, 2.75) is 40.2 Å². The van der Waals surface area contributed by atoms with Crippen LogP contribution in [0.4, 0.5) is 11.4 Å². The first-order valence-electron chi connectivity index (χ1n) is 13.0. The number of nitrogens with zero attached hydrogens (tertiary/aromatic N) is 1. The molecule has 0 saturated heterocycles. The van der Waals surface area contributed by atoms with Gasteiger partial charge in [-0.25, -0.2) is 0 Å². The summed E-state index contributed by atoms with van der Waals surface area (Å²) in [5, 5.41) is 2.92. The Labute approximate surface area is 223 Å². The molecule has 4 rings (SSSR count). The maximum Gasteiger partial charge on any atom is 0.267 e. The first-order chi connectivity index (χ1) is 18.4. The SMILES string of the molecule is CCOc1cc(C(=O)Nc2ccc3c(c2)OC(C)C(=O)N3CCc2ccccc2)cc(OCC)c1OCC. The van der Waals surface area contributed by atoms with Crippen LogP contribution in [0.3, 0.4) is 0 Å². The second-order valence-corrected chi connectivity index (χ2v) is 8.72. The highest BCUT2D eigenvalue weighted by Gasteiger charge is 2.31. The van der Waals surface area contributed by atoms with Gasteiger partial charge in [0.15, 0.2) is 17.6 Å². The normalized spacial score (nSPS) is 14.4. The molecular formula is C30H34N2O6. The van der Waals surface area contributed by atoms with Gasteiger partial charge in [-0.1, -0.05) is 30.3 Å². The van der Waals surface area contributed by atoms with E-state index in [1.165, 1.54) is 0 Å².